The van der Waals surface area contributed by atoms with Crippen LogP contribution in [0.15, 0.2) is 64.3 Å². The normalized spacial score (nSPS) is 10.7. The van der Waals surface area contributed by atoms with Gasteiger partial charge in [-0.1, -0.05) is 24.3 Å². The van der Waals surface area contributed by atoms with E-state index in [1.54, 1.807) is 6.07 Å². The Morgan fingerprint density at radius 3 is 2.75 bits per heavy atom. The highest BCUT2D eigenvalue weighted by molar-refractivity contribution is 8.00. The molecule has 0 saturated carbocycles. The van der Waals surface area contributed by atoms with Gasteiger partial charge >= 0.3 is 5.97 Å². The molecule has 24 heavy (non-hydrogen) atoms. The lowest BCUT2D eigenvalue weighted by Crippen LogP contribution is -2.18. The summed E-state index contributed by atoms with van der Waals surface area (Å²) in [5.41, 5.74) is 1.63. The molecule has 5 nitrogen and oxygen atoms in total. The number of rotatable bonds is 5. The monoisotopic (exact) mass is 340 g/mol. The first-order chi connectivity index (χ1) is 11.6. The Morgan fingerprint density at radius 1 is 1.17 bits per heavy atom. The average Bonchev–Trinajstić information content (AvgIpc) is 2.59. The molecule has 0 atom stereocenters. The molecule has 0 bridgehead atoms. The molecule has 0 aliphatic heterocycles. The maximum Gasteiger partial charge on any atom is 0.316 e. The molecule has 2 heterocycles. The molecule has 0 amide bonds. The average molecular weight is 340 g/mol. The number of aryl methyl sites for hydroxylation is 1. The molecule has 2 aromatic heterocycles. The standard InChI is InChI=1S/C18H16N2O3S/c1-13-6-5-9-16-19-14(10-17(21)20(13)16)11-23-18(22)12-24-15-7-3-2-4-8-15/h2-10H,11-12H2,1H3. The van der Waals surface area contributed by atoms with Crippen molar-refractivity contribution in [3.05, 3.63) is 76.3 Å². The summed E-state index contributed by atoms with van der Waals surface area (Å²) >= 11 is 1.41. The number of hydrogen-bond acceptors (Lipinski definition) is 5. The summed E-state index contributed by atoms with van der Waals surface area (Å²) < 4.78 is 6.74. The zero-order valence-electron chi connectivity index (χ0n) is 13.1. The second-order valence-electron chi connectivity index (χ2n) is 5.21. The van der Waals surface area contributed by atoms with E-state index >= 15 is 0 Å². The Balaban J connectivity index is 1.63. The number of thioether (sulfide) groups is 1. The summed E-state index contributed by atoms with van der Waals surface area (Å²) in [6.07, 6.45) is 0. The fourth-order valence-corrected chi connectivity index (χ4v) is 3.01. The Bertz CT molecular complexity index is 922. The van der Waals surface area contributed by atoms with Gasteiger partial charge in [0.1, 0.15) is 12.3 Å². The summed E-state index contributed by atoms with van der Waals surface area (Å²) in [5, 5.41) is 0. The van der Waals surface area contributed by atoms with E-state index in [4.69, 9.17) is 4.74 Å². The number of pyridine rings is 1. The smallest absolute Gasteiger partial charge is 0.316 e. The first kappa shape index (κ1) is 16.3. The third kappa shape index (κ3) is 3.83. The maximum atomic E-state index is 12.2. The van der Waals surface area contributed by atoms with Crippen LogP contribution in [0.4, 0.5) is 0 Å². The molecule has 122 valence electrons. The van der Waals surface area contributed by atoms with Crippen LogP contribution in [-0.4, -0.2) is 21.1 Å². The van der Waals surface area contributed by atoms with Gasteiger partial charge in [0.05, 0.1) is 11.4 Å². The number of hydrogen-bond donors (Lipinski definition) is 0. The summed E-state index contributed by atoms with van der Waals surface area (Å²) in [7, 11) is 0. The van der Waals surface area contributed by atoms with Crippen molar-refractivity contribution in [1.82, 2.24) is 9.38 Å². The number of nitrogens with zero attached hydrogens (tertiary/aromatic N) is 2. The minimum absolute atomic E-state index is 0.00609. The van der Waals surface area contributed by atoms with E-state index in [0.29, 0.717) is 11.3 Å². The lowest BCUT2D eigenvalue weighted by atomic mass is 10.3. The number of benzene rings is 1. The van der Waals surface area contributed by atoms with Gasteiger partial charge in [0.15, 0.2) is 0 Å². The zero-order chi connectivity index (χ0) is 16.9. The SMILES string of the molecule is Cc1cccc2nc(COC(=O)CSc3ccccc3)cc(=O)n12. The zero-order valence-corrected chi connectivity index (χ0v) is 14.0. The second-order valence-corrected chi connectivity index (χ2v) is 6.26. The van der Waals surface area contributed by atoms with Crippen molar-refractivity contribution >= 4 is 23.4 Å². The number of carbonyl (C=O) groups excluding carboxylic acids is 1. The predicted molar refractivity (Wildman–Crippen MR) is 93.2 cm³/mol. The molecule has 0 N–H and O–H groups in total. The van der Waals surface area contributed by atoms with Crippen LogP contribution in [0.25, 0.3) is 5.65 Å². The molecule has 3 rings (SSSR count). The number of ether oxygens (including phenoxy) is 1. The van der Waals surface area contributed by atoms with Crippen LogP contribution in [0.1, 0.15) is 11.4 Å². The fraction of sp³-hybridized carbons (Fsp3) is 0.167. The Labute approximate surface area is 143 Å². The van der Waals surface area contributed by atoms with E-state index < -0.39 is 0 Å². The first-order valence-corrected chi connectivity index (χ1v) is 8.44. The van der Waals surface area contributed by atoms with Gasteiger partial charge in [-0.2, -0.15) is 0 Å². The minimum Gasteiger partial charge on any atom is -0.459 e. The summed E-state index contributed by atoms with van der Waals surface area (Å²) in [4.78, 5) is 29.4. The Hall–Kier alpha value is -2.60. The van der Waals surface area contributed by atoms with Crippen molar-refractivity contribution in [3.8, 4) is 0 Å². The maximum absolute atomic E-state index is 12.2. The molecule has 1 aromatic carbocycles. The molecule has 6 heteroatoms. The number of carbonyl (C=O) groups is 1. The third-order valence-corrected chi connectivity index (χ3v) is 4.40. The van der Waals surface area contributed by atoms with E-state index in [1.807, 2.05) is 49.4 Å². The molecule has 0 saturated heterocycles. The van der Waals surface area contributed by atoms with Crippen molar-refractivity contribution in [2.75, 3.05) is 5.75 Å². The van der Waals surface area contributed by atoms with Gasteiger partial charge in [-0.3, -0.25) is 14.0 Å². The summed E-state index contributed by atoms with van der Waals surface area (Å²) in [5.74, 6) is -0.120. The molecule has 0 radical (unpaired) electrons. The third-order valence-electron chi connectivity index (χ3n) is 3.41. The molecule has 0 aliphatic carbocycles. The van der Waals surface area contributed by atoms with Gasteiger partial charge in [-0.25, -0.2) is 4.98 Å². The predicted octanol–water partition coefficient (Wildman–Crippen LogP) is 2.84. The molecule has 0 spiro atoms. The lowest BCUT2D eigenvalue weighted by molar-refractivity contribution is -0.141. The van der Waals surface area contributed by atoms with Crippen LogP contribution in [0, 0.1) is 6.92 Å². The quantitative estimate of drug-likeness (QED) is 0.528. The minimum atomic E-state index is -0.338. The highest BCUT2D eigenvalue weighted by Crippen LogP contribution is 2.17. The molecular formula is C18H16N2O3S. The van der Waals surface area contributed by atoms with Crippen molar-refractivity contribution in [1.29, 1.82) is 0 Å². The highest BCUT2D eigenvalue weighted by Gasteiger charge is 2.08. The highest BCUT2D eigenvalue weighted by atomic mass is 32.2. The first-order valence-electron chi connectivity index (χ1n) is 7.45. The van der Waals surface area contributed by atoms with Crippen molar-refractivity contribution < 1.29 is 9.53 Å². The van der Waals surface area contributed by atoms with Crippen LogP contribution in [0.2, 0.25) is 0 Å². The second kappa shape index (κ2) is 7.31. The van der Waals surface area contributed by atoms with Crippen molar-refractivity contribution in [3.63, 3.8) is 0 Å². The summed E-state index contributed by atoms with van der Waals surface area (Å²) in [6, 6.07) is 16.5. The van der Waals surface area contributed by atoms with Gasteiger partial charge in [0.25, 0.3) is 5.56 Å². The van der Waals surface area contributed by atoms with Crippen molar-refractivity contribution in [2.45, 2.75) is 18.4 Å². The van der Waals surface area contributed by atoms with E-state index in [2.05, 4.69) is 4.98 Å². The number of aromatic nitrogens is 2. The van der Waals surface area contributed by atoms with Crippen LogP contribution in [0.3, 0.4) is 0 Å². The molecule has 0 aliphatic rings. The topological polar surface area (TPSA) is 60.7 Å². The van der Waals surface area contributed by atoms with Gasteiger partial charge in [-0.15, -0.1) is 11.8 Å². The molecule has 0 fully saturated rings. The van der Waals surface area contributed by atoms with E-state index in [0.717, 1.165) is 10.6 Å². The Morgan fingerprint density at radius 2 is 1.96 bits per heavy atom. The van der Waals surface area contributed by atoms with Gasteiger partial charge in [-0.05, 0) is 31.2 Å². The molecule has 0 unspecified atom stereocenters. The van der Waals surface area contributed by atoms with Gasteiger partial charge < -0.3 is 4.74 Å². The van der Waals surface area contributed by atoms with Crippen molar-refractivity contribution in [2.24, 2.45) is 0 Å². The molecular weight excluding hydrogens is 324 g/mol. The van der Waals surface area contributed by atoms with Gasteiger partial charge in [0.2, 0.25) is 0 Å². The van der Waals surface area contributed by atoms with Crippen LogP contribution in [-0.2, 0) is 16.1 Å². The van der Waals surface area contributed by atoms with Crippen LogP contribution in [0.5, 0.6) is 0 Å². The summed E-state index contributed by atoms with van der Waals surface area (Å²) in [6.45, 7) is 1.84. The number of fused-ring (bicyclic) bond motifs is 1. The fourth-order valence-electron chi connectivity index (χ4n) is 2.29. The van der Waals surface area contributed by atoms with Crippen LogP contribution >= 0.6 is 11.8 Å². The van der Waals surface area contributed by atoms with E-state index in [-0.39, 0.29) is 23.9 Å². The van der Waals surface area contributed by atoms with E-state index in [9.17, 15) is 9.59 Å². The largest absolute Gasteiger partial charge is 0.459 e. The van der Waals surface area contributed by atoms with Crippen LogP contribution < -0.4 is 5.56 Å². The molecule has 3 aromatic rings. The Kier molecular flexibility index (Phi) is 4.96. The van der Waals surface area contributed by atoms with Gasteiger partial charge in [0, 0.05) is 16.7 Å². The number of esters is 1. The lowest BCUT2D eigenvalue weighted by Gasteiger charge is -2.07. The van der Waals surface area contributed by atoms with E-state index in [1.165, 1.54) is 22.2 Å².